The van der Waals surface area contributed by atoms with Gasteiger partial charge in [0, 0.05) is 23.5 Å². The third-order valence-corrected chi connectivity index (χ3v) is 4.30. The number of imide groups is 1. The number of rotatable bonds is 5. The number of nitrogens with two attached hydrogens (primary N) is 1. The maximum absolute atomic E-state index is 11.5. The number of nitrogens with one attached hydrogen (secondary N) is 1. The fourth-order valence-electron chi connectivity index (χ4n) is 2.76. The second-order valence-electron chi connectivity index (χ2n) is 5.33. The van der Waals surface area contributed by atoms with Gasteiger partial charge in [0.25, 0.3) is 0 Å². The molecule has 2 rings (SSSR count). The predicted molar refractivity (Wildman–Crippen MR) is 84.8 cm³/mol. The second-order valence-corrected chi connectivity index (χ2v) is 6.24. The van der Waals surface area contributed by atoms with Crippen LogP contribution in [-0.2, 0) is 11.2 Å². The van der Waals surface area contributed by atoms with Crippen molar-refractivity contribution in [1.29, 1.82) is 0 Å². The van der Waals surface area contributed by atoms with Crippen LogP contribution in [0.4, 0.5) is 4.79 Å². The standard InChI is InChI=1S/C15H20BrN3O2/c16-12-5-3-11(4-6-12)10-13-2-1-8-19(13)9-7-14(20)18-15(17)21/h3-6,13H,1-2,7-10H2,(H3,17,18,20,21)/t13-/m1/s1. The number of urea groups is 1. The summed E-state index contributed by atoms with van der Waals surface area (Å²) in [4.78, 5) is 24.4. The molecule has 0 unspecified atom stereocenters. The lowest BCUT2D eigenvalue weighted by molar-refractivity contribution is -0.120. The van der Waals surface area contributed by atoms with Gasteiger partial charge in [0.05, 0.1) is 0 Å². The third kappa shape index (κ3) is 5.13. The molecule has 3 N–H and O–H groups in total. The fourth-order valence-corrected chi connectivity index (χ4v) is 3.02. The Hall–Kier alpha value is -1.40. The van der Waals surface area contributed by atoms with Crippen molar-refractivity contribution in [2.45, 2.75) is 31.7 Å². The van der Waals surface area contributed by atoms with Crippen molar-refractivity contribution in [1.82, 2.24) is 10.2 Å². The van der Waals surface area contributed by atoms with Crippen molar-refractivity contribution >= 4 is 27.9 Å². The molecule has 5 nitrogen and oxygen atoms in total. The molecular formula is C15H20BrN3O2. The molecule has 1 fully saturated rings. The Balaban J connectivity index is 1.84. The van der Waals surface area contributed by atoms with Gasteiger partial charge in [-0.25, -0.2) is 4.79 Å². The van der Waals surface area contributed by atoms with Gasteiger partial charge in [-0.3, -0.25) is 15.0 Å². The number of hydrogen-bond donors (Lipinski definition) is 2. The number of carbonyl (C=O) groups excluding carboxylic acids is 2. The number of benzene rings is 1. The van der Waals surface area contributed by atoms with E-state index >= 15 is 0 Å². The number of halogens is 1. The minimum absolute atomic E-state index is 0.305. The second kappa shape index (κ2) is 7.56. The average molecular weight is 354 g/mol. The topological polar surface area (TPSA) is 75.4 Å². The molecule has 0 spiro atoms. The summed E-state index contributed by atoms with van der Waals surface area (Å²) in [6, 6.07) is 8.03. The van der Waals surface area contributed by atoms with Gasteiger partial charge in [0.1, 0.15) is 0 Å². The van der Waals surface area contributed by atoms with Crippen molar-refractivity contribution in [3.63, 3.8) is 0 Å². The normalized spacial score (nSPS) is 18.6. The monoisotopic (exact) mass is 353 g/mol. The third-order valence-electron chi connectivity index (χ3n) is 3.77. The van der Waals surface area contributed by atoms with Crippen molar-refractivity contribution in [2.24, 2.45) is 5.73 Å². The zero-order chi connectivity index (χ0) is 15.2. The van der Waals surface area contributed by atoms with Crippen molar-refractivity contribution in [3.05, 3.63) is 34.3 Å². The summed E-state index contributed by atoms with van der Waals surface area (Å²) in [5.74, 6) is -0.309. The molecule has 0 bridgehead atoms. The summed E-state index contributed by atoms with van der Waals surface area (Å²) in [7, 11) is 0. The Morgan fingerprint density at radius 1 is 1.33 bits per heavy atom. The molecule has 0 aromatic heterocycles. The summed E-state index contributed by atoms with van der Waals surface area (Å²) in [6.45, 7) is 1.67. The highest BCUT2D eigenvalue weighted by Crippen LogP contribution is 2.22. The Labute approximate surface area is 133 Å². The van der Waals surface area contributed by atoms with E-state index in [0.717, 1.165) is 30.3 Å². The van der Waals surface area contributed by atoms with E-state index in [9.17, 15) is 9.59 Å². The maximum Gasteiger partial charge on any atom is 0.318 e. The van der Waals surface area contributed by atoms with Crippen LogP contribution in [0.1, 0.15) is 24.8 Å². The molecule has 0 saturated carbocycles. The Kier molecular flexibility index (Phi) is 5.76. The van der Waals surface area contributed by atoms with Crippen molar-refractivity contribution in [3.8, 4) is 0 Å². The number of amides is 3. The van der Waals surface area contributed by atoms with Gasteiger partial charge < -0.3 is 5.73 Å². The van der Waals surface area contributed by atoms with Gasteiger partial charge in [-0.2, -0.15) is 0 Å². The molecule has 114 valence electrons. The van der Waals surface area contributed by atoms with Gasteiger partial charge in [-0.1, -0.05) is 28.1 Å². The van der Waals surface area contributed by atoms with Gasteiger partial charge in [-0.15, -0.1) is 0 Å². The molecule has 1 aromatic carbocycles. The van der Waals surface area contributed by atoms with Crippen LogP contribution in [0.3, 0.4) is 0 Å². The summed E-state index contributed by atoms with van der Waals surface area (Å²) in [6.07, 6.45) is 3.59. The predicted octanol–water partition coefficient (Wildman–Crippen LogP) is 2.04. The first-order chi connectivity index (χ1) is 10.0. The molecule has 0 radical (unpaired) electrons. The van der Waals surface area contributed by atoms with E-state index in [4.69, 9.17) is 5.73 Å². The Morgan fingerprint density at radius 3 is 2.71 bits per heavy atom. The summed E-state index contributed by atoms with van der Waals surface area (Å²) >= 11 is 3.44. The number of primary amides is 1. The maximum atomic E-state index is 11.5. The van der Waals surface area contributed by atoms with Crippen LogP contribution in [0.15, 0.2) is 28.7 Å². The Bertz CT molecular complexity index is 504. The van der Waals surface area contributed by atoms with Crippen LogP contribution in [-0.4, -0.2) is 36.0 Å². The molecule has 1 aromatic rings. The van der Waals surface area contributed by atoms with Crippen LogP contribution >= 0.6 is 15.9 Å². The number of carbonyl (C=O) groups is 2. The smallest absolute Gasteiger partial charge is 0.318 e. The van der Waals surface area contributed by atoms with E-state index in [1.165, 1.54) is 5.56 Å². The quantitative estimate of drug-likeness (QED) is 0.850. The molecule has 1 aliphatic rings. The highest BCUT2D eigenvalue weighted by atomic mass is 79.9. The molecule has 1 saturated heterocycles. The zero-order valence-corrected chi connectivity index (χ0v) is 13.4. The Morgan fingerprint density at radius 2 is 2.05 bits per heavy atom. The summed E-state index contributed by atoms with van der Waals surface area (Å²) < 4.78 is 1.08. The molecule has 1 atom stereocenters. The molecule has 21 heavy (non-hydrogen) atoms. The van der Waals surface area contributed by atoms with E-state index in [-0.39, 0.29) is 5.91 Å². The minimum Gasteiger partial charge on any atom is -0.351 e. The van der Waals surface area contributed by atoms with Crippen LogP contribution in [0.5, 0.6) is 0 Å². The highest BCUT2D eigenvalue weighted by Gasteiger charge is 2.24. The highest BCUT2D eigenvalue weighted by molar-refractivity contribution is 9.10. The van der Waals surface area contributed by atoms with Crippen LogP contribution < -0.4 is 11.1 Å². The van der Waals surface area contributed by atoms with Crippen LogP contribution in [0.2, 0.25) is 0 Å². The van der Waals surface area contributed by atoms with E-state index in [2.05, 4.69) is 50.4 Å². The lowest BCUT2D eigenvalue weighted by Crippen LogP contribution is -2.38. The minimum atomic E-state index is -0.784. The lowest BCUT2D eigenvalue weighted by atomic mass is 10.0. The fraction of sp³-hybridized carbons (Fsp3) is 0.467. The zero-order valence-electron chi connectivity index (χ0n) is 11.8. The molecule has 1 heterocycles. The molecule has 3 amide bonds. The number of hydrogen-bond acceptors (Lipinski definition) is 3. The average Bonchev–Trinajstić information content (AvgIpc) is 2.86. The van der Waals surface area contributed by atoms with E-state index in [1.807, 2.05) is 0 Å². The molecule has 6 heteroatoms. The SMILES string of the molecule is NC(=O)NC(=O)CCN1CCC[C@@H]1Cc1ccc(Br)cc1. The number of nitrogens with zero attached hydrogens (tertiary/aromatic N) is 1. The first-order valence-electron chi connectivity index (χ1n) is 7.12. The van der Waals surface area contributed by atoms with Gasteiger partial charge in [0.2, 0.25) is 5.91 Å². The molecule has 0 aliphatic carbocycles. The van der Waals surface area contributed by atoms with E-state index < -0.39 is 6.03 Å². The molecular weight excluding hydrogens is 334 g/mol. The van der Waals surface area contributed by atoms with Crippen molar-refractivity contribution in [2.75, 3.05) is 13.1 Å². The van der Waals surface area contributed by atoms with Gasteiger partial charge in [0.15, 0.2) is 0 Å². The largest absolute Gasteiger partial charge is 0.351 e. The first-order valence-corrected chi connectivity index (χ1v) is 7.91. The summed E-state index contributed by atoms with van der Waals surface area (Å²) in [5.41, 5.74) is 6.23. The van der Waals surface area contributed by atoms with Crippen LogP contribution in [0, 0.1) is 0 Å². The summed E-state index contributed by atoms with van der Waals surface area (Å²) in [5, 5.41) is 2.11. The van der Waals surface area contributed by atoms with Crippen molar-refractivity contribution < 1.29 is 9.59 Å². The van der Waals surface area contributed by atoms with E-state index in [1.54, 1.807) is 0 Å². The molecule has 1 aliphatic heterocycles. The lowest BCUT2D eigenvalue weighted by Gasteiger charge is -2.24. The van der Waals surface area contributed by atoms with Gasteiger partial charge >= 0.3 is 6.03 Å². The number of likely N-dealkylation sites (tertiary alicyclic amines) is 1. The first kappa shape index (κ1) is 16.0. The van der Waals surface area contributed by atoms with Crippen LogP contribution in [0.25, 0.3) is 0 Å². The van der Waals surface area contributed by atoms with E-state index in [0.29, 0.717) is 19.0 Å². The van der Waals surface area contributed by atoms with Gasteiger partial charge in [-0.05, 0) is 43.5 Å².